The van der Waals surface area contributed by atoms with Crippen LogP contribution >= 0.6 is 0 Å². The minimum atomic E-state index is -5.22. The average Bonchev–Trinajstić information content (AvgIpc) is 2.29. The van der Waals surface area contributed by atoms with Gasteiger partial charge in [0.15, 0.2) is 12.4 Å². The molecule has 0 aromatic rings. The maximum absolute atomic E-state index is 11.1. The Morgan fingerprint density at radius 3 is 2.11 bits per heavy atom. The first-order valence-electron chi connectivity index (χ1n) is 4.61. The van der Waals surface area contributed by atoms with Crippen molar-refractivity contribution in [1.82, 2.24) is 0 Å². The normalized spacial score (nSPS) is 39.3. The van der Waals surface area contributed by atoms with E-state index in [1.807, 2.05) is 0 Å². The van der Waals surface area contributed by atoms with Gasteiger partial charge in [0.05, 0.1) is 6.61 Å². The highest BCUT2D eigenvalue weighted by atomic mass is 32.3. The summed E-state index contributed by atoms with van der Waals surface area (Å²) in [5.74, 6) is 0. The van der Waals surface area contributed by atoms with Crippen molar-refractivity contribution >= 4 is 27.1 Å². The number of hydrogen-bond acceptors (Lipinski definition) is 11. The fraction of sp³-hybridized carbons (Fsp3) is 0.833. The van der Waals surface area contributed by atoms with Crippen molar-refractivity contribution in [3.63, 3.8) is 0 Å². The first-order valence-corrected chi connectivity index (χ1v) is 7.28. The zero-order valence-electron chi connectivity index (χ0n) is 9.02. The van der Waals surface area contributed by atoms with Gasteiger partial charge in [-0.25, -0.2) is 8.37 Å². The van der Waals surface area contributed by atoms with Gasteiger partial charge in [-0.3, -0.25) is 0 Å². The topological polar surface area (TPSA) is 174 Å². The maximum atomic E-state index is 11.1. The summed E-state index contributed by atoms with van der Waals surface area (Å²) in [4.78, 5) is 10.6. The SMILES string of the molecule is O=C[C@@H]1OS(=O)(=O)OS(=O)(=O)OC[C@@H](O)[C@H](O)[C@@H]1O. The molecule has 0 amide bonds. The lowest BCUT2D eigenvalue weighted by atomic mass is 10.0. The Labute approximate surface area is 108 Å². The smallest absolute Gasteiger partial charge is 0.388 e. The molecule has 0 aromatic heterocycles. The van der Waals surface area contributed by atoms with Crippen molar-refractivity contribution in [2.75, 3.05) is 6.61 Å². The highest BCUT2D eigenvalue weighted by molar-refractivity contribution is 7.95. The third-order valence-electron chi connectivity index (χ3n) is 1.99. The molecule has 4 atom stereocenters. The zero-order valence-corrected chi connectivity index (χ0v) is 10.7. The molecular weight excluding hydrogens is 312 g/mol. The van der Waals surface area contributed by atoms with Crippen LogP contribution in [0.3, 0.4) is 0 Å². The average molecular weight is 322 g/mol. The molecule has 0 unspecified atom stereocenters. The van der Waals surface area contributed by atoms with Crippen LogP contribution in [0.15, 0.2) is 0 Å². The number of carbonyl (C=O) groups excluding carboxylic acids is 1. The van der Waals surface area contributed by atoms with E-state index in [0.717, 1.165) is 0 Å². The molecule has 3 N–H and O–H groups in total. The standard InChI is InChI=1S/C6H10O11S2/c7-1-4-6(10)5(9)3(8)2-15-18(11,12)17-19(13,14)16-4/h1,3-6,8-10H,2H2/t3-,4+,5+,6-/m1/s1. The summed E-state index contributed by atoms with van der Waals surface area (Å²) in [6.07, 6.45) is -8.53. The van der Waals surface area contributed by atoms with Gasteiger partial charge in [0, 0.05) is 0 Å². The Kier molecular flexibility index (Phi) is 4.97. The van der Waals surface area contributed by atoms with Gasteiger partial charge in [0.25, 0.3) is 0 Å². The first-order chi connectivity index (χ1) is 8.58. The van der Waals surface area contributed by atoms with Crippen LogP contribution in [0.4, 0.5) is 0 Å². The number of rotatable bonds is 1. The highest BCUT2D eigenvalue weighted by Gasteiger charge is 2.39. The van der Waals surface area contributed by atoms with Gasteiger partial charge in [0.1, 0.15) is 18.3 Å². The van der Waals surface area contributed by atoms with Crippen molar-refractivity contribution in [3.05, 3.63) is 0 Å². The summed E-state index contributed by atoms with van der Waals surface area (Å²) >= 11 is 0. The van der Waals surface area contributed by atoms with Gasteiger partial charge in [0.2, 0.25) is 0 Å². The highest BCUT2D eigenvalue weighted by Crippen LogP contribution is 2.16. The molecule has 13 heteroatoms. The van der Waals surface area contributed by atoms with Crippen LogP contribution in [-0.4, -0.2) is 69.5 Å². The van der Waals surface area contributed by atoms with Crippen LogP contribution in [0, 0.1) is 0 Å². The number of carbonyl (C=O) groups is 1. The summed E-state index contributed by atoms with van der Waals surface area (Å²) in [5, 5.41) is 28.0. The van der Waals surface area contributed by atoms with E-state index in [0.29, 0.717) is 0 Å². The lowest BCUT2D eigenvalue weighted by Crippen LogP contribution is -2.49. The lowest BCUT2D eigenvalue weighted by molar-refractivity contribution is -0.133. The van der Waals surface area contributed by atoms with Gasteiger partial charge in [-0.2, -0.15) is 16.8 Å². The fourth-order valence-electron chi connectivity index (χ4n) is 1.11. The van der Waals surface area contributed by atoms with Crippen LogP contribution in [0.2, 0.25) is 0 Å². The summed E-state index contributed by atoms with van der Waals surface area (Å²) in [7, 11) is -10.3. The molecule has 1 rings (SSSR count). The van der Waals surface area contributed by atoms with E-state index < -0.39 is 51.8 Å². The minimum Gasteiger partial charge on any atom is -0.388 e. The Morgan fingerprint density at radius 2 is 1.58 bits per heavy atom. The molecule has 0 saturated carbocycles. The molecule has 1 aliphatic rings. The first kappa shape index (κ1) is 16.4. The Hall–Kier alpha value is -0.670. The van der Waals surface area contributed by atoms with Crippen LogP contribution < -0.4 is 0 Å². The number of aliphatic hydroxyl groups excluding tert-OH is 3. The molecule has 0 radical (unpaired) electrons. The van der Waals surface area contributed by atoms with Crippen LogP contribution in [-0.2, 0) is 37.6 Å². The summed E-state index contributed by atoms with van der Waals surface area (Å²) in [6, 6.07) is 0. The summed E-state index contributed by atoms with van der Waals surface area (Å²) < 4.78 is 55.5. The van der Waals surface area contributed by atoms with E-state index in [1.54, 1.807) is 0 Å². The van der Waals surface area contributed by atoms with E-state index in [4.69, 9.17) is 0 Å². The molecule has 0 bridgehead atoms. The molecular formula is C6H10O11S2. The second kappa shape index (κ2) is 5.76. The fourth-order valence-corrected chi connectivity index (χ4v) is 2.95. The second-order valence-electron chi connectivity index (χ2n) is 3.41. The van der Waals surface area contributed by atoms with Crippen LogP contribution in [0.1, 0.15) is 0 Å². The molecule has 112 valence electrons. The number of hydrogen-bond donors (Lipinski definition) is 3. The van der Waals surface area contributed by atoms with Crippen LogP contribution in [0.5, 0.6) is 0 Å². The summed E-state index contributed by atoms with van der Waals surface area (Å²) in [6.45, 7) is -1.10. The molecule has 1 aliphatic heterocycles. The lowest BCUT2D eigenvalue weighted by Gasteiger charge is -2.26. The van der Waals surface area contributed by atoms with Gasteiger partial charge in [-0.05, 0) is 0 Å². The van der Waals surface area contributed by atoms with Crippen molar-refractivity contribution in [2.24, 2.45) is 0 Å². The minimum absolute atomic E-state index is 0.212. The third-order valence-corrected chi connectivity index (χ3v) is 4.21. The predicted molar refractivity (Wildman–Crippen MR) is 53.8 cm³/mol. The van der Waals surface area contributed by atoms with Crippen molar-refractivity contribution < 1.29 is 48.9 Å². The van der Waals surface area contributed by atoms with Crippen LogP contribution in [0.25, 0.3) is 0 Å². The molecule has 1 saturated heterocycles. The molecule has 19 heavy (non-hydrogen) atoms. The quantitative estimate of drug-likeness (QED) is 0.404. The van der Waals surface area contributed by atoms with Crippen molar-refractivity contribution in [2.45, 2.75) is 24.4 Å². The molecule has 11 nitrogen and oxygen atoms in total. The van der Waals surface area contributed by atoms with E-state index in [9.17, 15) is 36.9 Å². The molecule has 0 aromatic carbocycles. The molecule has 0 aliphatic carbocycles. The maximum Gasteiger partial charge on any atom is 0.417 e. The molecule has 0 spiro atoms. The third kappa shape index (κ3) is 4.43. The van der Waals surface area contributed by atoms with E-state index in [1.165, 1.54) is 0 Å². The van der Waals surface area contributed by atoms with Gasteiger partial charge in [-0.15, -0.1) is 3.63 Å². The van der Waals surface area contributed by atoms with E-state index in [2.05, 4.69) is 12.0 Å². The van der Waals surface area contributed by atoms with Gasteiger partial charge < -0.3 is 20.1 Å². The van der Waals surface area contributed by atoms with Gasteiger partial charge in [-0.1, -0.05) is 0 Å². The van der Waals surface area contributed by atoms with E-state index in [-0.39, 0.29) is 6.29 Å². The largest absolute Gasteiger partial charge is 0.417 e. The zero-order chi connectivity index (χ0) is 14.8. The predicted octanol–water partition coefficient (Wildman–Crippen LogP) is -3.81. The second-order valence-corrected chi connectivity index (χ2v) is 6.02. The van der Waals surface area contributed by atoms with Crippen molar-refractivity contribution in [3.8, 4) is 0 Å². The van der Waals surface area contributed by atoms with Crippen molar-refractivity contribution in [1.29, 1.82) is 0 Å². The number of aldehydes is 1. The molecule has 1 heterocycles. The summed E-state index contributed by atoms with van der Waals surface area (Å²) in [5.41, 5.74) is 0. The molecule has 1 fully saturated rings. The Balaban J connectivity index is 3.13. The van der Waals surface area contributed by atoms with E-state index >= 15 is 0 Å². The Bertz CT molecular complexity index is 521. The monoisotopic (exact) mass is 322 g/mol. The Morgan fingerprint density at radius 1 is 1.00 bits per heavy atom. The van der Waals surface area contributed by atoms with Gasteiger partial charge >= 0.3 is 20.8 Å². The number of aliphatic hydroxyl groups is 3.